The van der Waals surface area contributed by atoms with Gasteiger partial charge in [-0.15, -0.1) is 0 Å². The van der Waals surface area contributed by atoms with Crippen molar-refractivity contribution in [1.82, 2.24) is 9.78 Å². The third-order valence-electron chi connectivity index (χ3n) is 1.66. The molecule has 1 rings (SSSR count). The van der Waals surface area contributed by atoms with E-state index in [2.05, 4.69) is 5.10 Å². The highest BCUT2D eigenvalue weighted by atomic mass is 35.5. The van der Waals surface area contributed by atoms with Gasteiger partial charge in [-0.2, -0.15) is 5.10 Å². The van der Waals surface area contributed by atoms with Gasteiger partial charge in [0.15, 0.2) is 0 Å². The van der Waals surface area contributed by atoms with Crippen molar-refractivity contribution in [2.24, 2.45) is 0 Å². The maximum Gasteiger partial charge on any atom is 0.282 e. The molecule has 0 aliphatic heterocycles. The lowest BCUT2D eigenvalue weighted by Gasteiger charge is -1.95. The van der Waals surface area contributed by atoms with E-state index in [1.54, 1.807) is 0 Å². The average molecular weight is 223 g/mol. The summed E-state index contributed by atoms with van der Waals surface area (Å²) in [5.74, 6) is 0. The molecule has 0 amide bonds. The Labute approximate surface area is 84.7 Å². The molecule has 14 heavy (non-hydrogen) atoms. The molecule has 0 aliphatic rings. The van der Waals surface area contributed by atoms with Crippen molar-refractivity contribution in [3.05, 3.63) is 17.5 Å². The molecule has 0 saturated carbocycles. The van der Waals surface area contributed by atoms with E-state index < -0.39 is 17.4 Å². The second kappa shape index (κ2) is 4.50. The lowest BCUT2D eigenvalue weighted by atomic mass is 10.3. The van der Waals surface area contributed by atoms with Crippen molar-refractivity contribution in [3.63, 3.8) is 0 Å². The summed E-state index contributed by atoms with van der Waals surface area (Å²) in [5.41, 5.74) is -0.756. The molecule has 78 valence electrons. The van der Waals surface area contributed by atoms with E-state index in [1.807, 2.05) is 6.92 Å². The summed E-state index contributed by atoms with van der Waals surface area (Å²) < 4.78 is 26.0. The van der Waals surface area contributed by atoms with Crippen LogP contribution in [0.4, 0.5) is 8.78 Å². The van der Waals surface area contributed by atoms with Crippen LogP contribution in [0.1, 0.15) is 35.8 Å². The topological polar surface area (TPSA) is 34.9 Å². The molecule has 0 aromatic carbocycles. The van der Waals surface area contributed by atoms with Crippen LogP contribution in [-0.4, -0.2) is 15.0 Å². The summed E-state index contributed by atoms with van der Waals surface area (Å²) in [6, 6.07) is 0. The third-order valence-corrected chi connectivity index (χ3v) is 1.87. The van der Waals surface area contributed by atoms with E-state index >= 15 is 0 Å². The summed E-state index contributed by atoms with van der Waals surface area (Å²) in [4.78, 5) is 10.8. The summed E-state index contributed by atoms with van der Waals surface area (Å²) >= 11 is 5.14. The number of carbonyl (C=O) groups is 1. The van der Waals surface area contributed by atoms with Crippen molar-refractivity contribution in [2.75, 3.05) is 0 Å². The zero-order valence-electron chi connectivity index (χ0n) is 7.51. The standard InChI is InChI=1S/C8H9ClF2N2O/c1-2-3-13-4-5(7(9)14)6(12-13)8(10)11/h4,8H,2-3H2,1H3. The van der Waals surface area contributed by atoms with Gasteiger partial charge in [-0.25, -0.2) is 8.78 Å². The van der Waals surface area contributed by atoms with Crippen LogP contribution >= 0.6 is 11.6 Å². The fourth-order valence-electron chi connectivity index (χ4n) is 1.09. The third kappa shape index (κ3) is 2.29. The van der Waals surface area contributed by atoms with Crippen molar-refractivity contribution < 1.29 is 13.6 Å². The zero-order chi connectivity index (χ0) is 10.7. The lowest BCUT2D eigenvalue weighted by Crippen LogP contribution is -1.98. The maximum atomic E-state index is 12.4. The van der Waals surface area contributed by atoms with Gasteiger partial charge in [0.2, 0.25) is 0 Å². The molecule has 0 aliphatic carbocycles. The van der Waals surface area contributed by atoms with E-state index in [1.165, 1.54) is 10.9 Å². The SMILES string of the molecule is CCCn1cc(C(=O)Cl)c(C(F)F)n1. The Bertz CT molecular complexity index is 338. The Morgan fingerprint density at radius 1 is 1.71 bits per heavy atom. The fraction of sp³-hybridized carbons (Fsp3) is 0.500. The van der Waals surface area contributed by atoms with Crippen molar-refractivity contribution in [1.29, 1.82) is 0 Å². The highest BCUT2D eigenvalue weighted by Crippen LogP contribution is 2.22. The molecule has 3 nitrogen and oxygen atoms in total. The quantitative estimate of drug-likeness (QED) is 0.734. The molecule has 0 N–H and O–H groups in total. The van der Waals surface area contributed by atoms with E-state index in [4.69, 9.17) is 11.6 Å². The number of nitrogens with zero attached hydrogens (tertiary/aromatic N) is 2. The number of aromatic nitrogens is 2. The minimum Gasteiger partial charge on any atom is -0.275 e. The van der Waals surface area contributed by atoms with Crippen LogP contribution in [0, 0.1) is 0 Å². The first kappa shape index (κ1) is 11.1. The van der Waals surface area contributed by atoms with Gasteiger partial charge >= 0.3 is 0 Å². The first-order valence-electron chi connectivity index (χ1n) is 4.11. The van der Waals surface area contributed by atoms with Crippen LogP contribution in [0.15, 0.2) is 6.20 Å². The number of halogens is 3. The summed E-state index contributed by atoms with van der Waals surface area (Å²) in [6.07, 6.45) is -0.772. The predicted octanol–water partition coefficient (Wildman–Crippen LogP) is 2.61. The number of carbonyl (C=O) groups excluding carboxylic acids is 1. The number of hydrogen-bond acceptors (Lipinski definition) is 2. The number of aryl methyl sites for hydroxylation is 1. The highest BCUT2D eigenvalue weighted by Gasteiger charge is 2.21. The van der Waals surface area contributed by atoms with Crippen LogP contribution < -0.4 is 0 Å². The molecule has 1 heterocycles. The number of alkyl halides is 2. The van der Waals surface area contributed by atoms with Crippen LogP contribution in [0.2, 0.25) is 0 Å². The van der Waals surface area contributed by atoms with Crippen molar-refractivity contribution in [2.45, 2.75) is 26.3 Å². The molecule has 0 fully saturated rings. The highest BCUT2D eigenvalue weighted by molar-refractivity contribution is 6.67. The molecule has 1 aromatic heterocycles. The van der Waals surface area contributed by atoms with Gasteiger partial charge in [0.05, 0.1) is 5.56 Å². The zero-order valence-corrected chi connectivity index (χ0v) is 8.26. The Hall–Kier alpha value is -0.970. The van der Waals surface area contributed by atoms with E-state index in [9.17, 15) is 13.6 Å². The molecule has 0 spiro atoms. The molecule has 1 aromatic rings. The normalized spacial score (nSPS) is 10.9. The van der Waals surface area contributed by atoms with Gasteiger partial charge in [0, 0.05) is 12.7 Å². The average Bonchev–Trinajstić information content (AvgIpc) is 2.49. The molecule has 0 saturated heterocycles. The van der Waals surface area contributed by atoms with Crippen molar-refractivity contribution in [3.8, 4) is 0 Å². The maximum absolute atomic E-state index is 12.4. The van der Waals surface area contributed by atoms with E-state index in [0.717, 1.165) is 6.42 Å². The largest absolute Gasteiger partial charge is 0.282 e. The minimum absolute atomic E-state index is 0.213. The molecule has 6 heteroatoms. The smallest absolute Gasteiger partial charge is 0.275 e. The Balaban J connectivity index is 3.06. The fourth-order valence-corrected chi connectivity index (χ4v) is 1.24. The summed E-state index contributed by atoms with van der Waals surface area (Å²) in [5, 5.41) is 2.68. The van der Waals surface area contributed by atoms with Crippen LogP contribution in [0.5, 0.6) is 0 Å². The molecular weight excluding hydrogens is 214 g/mol. The molecule has 0 unspecified atom stereocenters. The van der Waals surface area contributed by atoms with Gasteiger partial charge in [-0.1, -0.05) is 6.92 Å². The Morgan fingerprint density at radius 3 is 2.71 bits per heavy atom. The van der Waals surface area contributed by atoms with E-state index in [-0.39, 0.29) is 5.56 Å². The first-order chi connectivity index (χ1) is 6.56. The predicted molar refractivity (Wildman–Crippen MR) is 47.7 cm³/mol. The van der Waals surface area contributed by atoms with Gasteiger partial charge in [-0.3, -0.25) is 9.48 Å². The van der Waals surface area contributed by atoms with Crippen LogP contribution in [-0.2, 0) is 6.54 Å². The first-order valence-corrected chi connectivity index (χ1v) is 4.49. The van der Waals surface area contributed by atoms with Gasteiger partial charge < -0.3 is 0 Å². The van der Waals surface area contributed by atoms with Crippen LogP contribution in [0.3, 0.4) is 0 Å². The number of hydrogen-bond donors (Lipinski definition) is 0. The monoisotopic (exact) mass is 222 g/mol. The van der Waals surface area contributed by atoms with Gasteiger partial charge in [0.25, 0.3) is 11.7 Å². The molecular formula is C8H9ClF2N2O. The molecule has 0 bridgehead atoms. The van der Waals surface area contributed by atoms with Crippen molar-refractivity contribution >= 4 is 16.8 Å². The number of rotatable bonds is 4. The Kier molecular flexibility index (Phi) is 3.57. The Morgan fingerprint density at radius 2 is 2.36 bits per heavy atom. The van der Waals surface area contributed by atoms with Gasteiger partial charge in [-0.05, 0) is 18.0 Å². The second-order valence-electron chi connectivity index (χ2n) is 2.77. The van der Waals surface area contributed by atoms with Crippen LogP contribution in [0.25, 0.3) is 0 Å². The van der Waals surface area contributed by atoms with E-state index in [0.29, 0.717) is 6.54 Å². The molecule has 0 radical (unpaired) electrons. The lowest BCUT2D eigenvalue weighted by molar-refractivity contribution is 0.106. The van der Waals surface area contributed by atoms with Gasteiger partial charge in [0.1, 0.15) is 5.69 Å². The minimum atomic E-state index is -2.77. The molecule has 0 atom stereocenters. The second-order valence-corrected chi connectivity index (χ2v) is 3.11. The summed E-state index contributed by atoms with van der Waals surface area (Å²) in [6.45, 7) is 2.37. The summed E-state index contributed by atoms with van der Waals surface area (Å²) in [7, 11) is 0.